The number of unbranched alkanes of at least 4 members (excludes halogenated alkanes) is 21. The van der Waals surface area contributed by atoms with Gasteiger partial charge in [-0.05, 0) is 51.4 Å². The number of phosphoric ester groups is 1. The Kier molecular flexibility index (Phi) is 44.7. The van der Waals surface area contributed by atoms with Crippen LogP contribution in [0.2, 0.25) is 0 Å². The molecule has 0 aromatic rings. The van der Waals surface area contributed by atoms with Crippen molar-refractivity contribution >= 4 is 19.8 Å². The Morgan fingerprint density at radius 3 is 1.28 bits per heavy atom. The van der Waals surface area contributed by atoms with Crippen molar-refractivity contribution in [1.82, 2.24) is 0 Å². The molecule has 0 aromatic carbocycles. The number of ether oxygens (including phenoxy) is 2. The molecule has 0 bridgehead atoms. The van der Waals surface area contributed by atoms with Gasteiger partial charge in [-0.2, -0.15) is 0 Å². The predicted molar refractivity (Wildman–Crippen MR) is 275 cm³/mol. The summed E-state index contributed by atoms with van der Waals surface area (Å²) in [5, 5.41) is 0. The summed E-state index contributed by atoms with van der Waals surface area (Å²) >= 11 is 0. The van der Waals surface area contributed by atoms with Gasteiger partial charge in [-0.1, -0.05) is 222 Å². The summed E-state index contributed by atoms with van der Waals surface area (Å²) in [5.74, 6) is -0.893. The van der Waals surface area contributed by atoms with Crippen LogP contribution in [0.5, 0.6) is 0 Å². The molecule has 376 valence electrons. The van der Waals surface area contributed by atoms with Gasteiger partial charge in [0.15, 0.2) is 6.10 Å². The molecule has 0 aliphatic heterocycles. The molecule has 2 atom stereocenters. The highest BCUT2D eigenvalue weighted by Crippen LogP contribution is 2.43. The SMILES string of the molecule is CC/C=C/C/C=C/C/C=C/C/C=C/C/C=C/C/C=C/CCC(=O)O[C@H](COC(=O)CCCCCCCCCCCCCCCCCCCCCCCC)COP(=O)(O)OCC[N+](C)(C)C. The van der Waals surface area contributed by atoms with E-state index in [9.17, 15) is 19.0 Å². The van der Waals surface area contributed by atoms with Gasteiger partial charge in [0.25, 0.3) is 0 Å². The number of allylic oxidation sites excluding steroid dienone is 12. The summed E-state index contributed by atoms with van der Waals surface area (Å²) in [5.41, 5.74) is 0. The molecule has 0 rings (SSSR count). The molecule has 0 spiro atoms. The van der Waals surface area contributed by atoms with E-state index in [1.54, 1.807) is 0 Å². The fourth-order valence-electron chi connectivity index (χ4n) is 6.98. The monoisotopic (exact) mass is 933 g/mol. The van der Waals surface area contributed by atoms with E-state index in [1.165, 1.54) is 122 Å². The minimum atomic E-state index is -4.40. The molecule has 0 heterocycles. The molecule has 0 fully saturated rings. The lowest BCUT2D eigenvalue weighted by Gasteiger charge is -2.24. The average molecular weight is 933 g/mol. The second-order valence-electron chi connectivity index (χ2n) is 18.5. The molecule has 0 aliphatic rings. The molecular weight excluding hydrogens is 834 g/mol. The van der Waals surface area contributed by atoms with Crippen molar-refractivity contribution in [2.45, 2.75) is 219 Å². The maximum absolute atomic E-state index is 12.7. The summed E-state index contributed by atoms with van der Waals surface area (Å²) < 4.78 is 34.4. The number of hydrogen-bond acceptors (Lipinski definition) is 7. The third-order valence-electron chi connectivity index (χ3n) is 11.0. The van der Waals surface area contributed by atoms with Crippen molar-refractivity contribution in [3.05, 3.63) is 72.9 Å². The van der Waals surface area contributed by atoms with E-state index in [0.717, 1.165) is 57.8 Å². The van der Waals surface area contributed by atoms with E-state index < -0.39 is 26.5 Å². The lowest BCUT2D eigenvalue weighted by molar-refractivity contribution is -0.870. The van der Waals surface area contributed by atoms with Crippen LogP contribution in [0, 0.1) is 0 Å². The van der Waals surface area contributed by atoms with Crippen LogP contribution in [0.4, 0.5) is 0 Å². The highest BCUT2D eigenvalue weighted by Gasteiger charge is 2.27. The topological polar surface area (TPSA) is 108 Å². The van der Waals surface area contributed by atoms with Gasteiger partial charge >= 0.3 is 19.8 Å². The number of esters is 2. The Morgan fingerprint density at radius 2 is 0.877 bits per heavy atom. The molecule has 0 amide bonds. The van der Waals surface area contributed by atoms with E-state index in [1.807, 2.05) is 33.3 Å². The van der Waals surface area contributed by atoms with Crippen molar-refractivity contribution < 1.29 is 42.1 Å². The standard InChI is InChI=1S/C55H98NO8P/c1-6-8-10-12-14-16-18-20-22-24-26-27-28-30-31-33-35-37-39-41-43-45-47-54(57)61-51-53(52-63-65(59,60)62-50-49-56(3,4)5)64-55(58)48-46-44-42-40-38-36-34-32-29-25-23-21-19-17-15-13-11-9-7-2/h9,11,15,17,21,23,29,32,36,38,42,44,53H,6-8,10,12-14,16,18-20,22,24-28,30-31,33-35,37,39-41,43,45-52H2,1-5H3/p+1/b11-9+,17-15+,23-21+,32-29+,38-36+,44-42+/t53-/m1/s1. The zero-order valence-electron chi connectivity index (χ0n) is 42.5. The van der Waals surface area contributed by atoms with Crippen LogP contribution in [-0.2, 0) is 32.7 Å². The van der Waals surface area contributed by atoms with Gasteiger partial charge < -0.3 is 18.9 Å². The molecule has 9 nitrogen and oxygen atoms in total. The highest BCUT2D eigenvalue weighted by molar-refractivity contribution is 7.47. The molecule has 10 heteroatoms. The Balaban J connectivity index is 4.32. The first-order chi connectivity index (χ1) is 31.5. The second-order valence-corrected chi connectivity index (χ2v) is 20.0. The van der Waals surface area contributed by atoms with Gasteiger partial charge in [0, 0.05) is 12.8 Å². The van der Waals surface area contributed by atoms with Gasteiger partial charge in [-0.3, -0.25) is 18.6 Å². The summed E-state index contributed by atoms with van der Waals surface area (Å²) in [4.78, 5) is 35.5. The maximum Gasteiger partial charge on any atom is 0.472 e. The number of hydrogen-bond donors (Lipinski definition) is 1. The first-order valence-electron chi connectivity index (χ1n) is 26.2. The minimum absolute atomic E-state index is 0.0161. The maximum atomic E-state index is 12.7. The number of carbonyl (C=O) groups is 2. The van der Waals surface area contributed by atoms with Gasteiger partial charge in [0.05, 0.1) is 27.7 Å². The zero-order valence-corrected chi connectivity index (χ0v) is 43.3. The first-order valence-corrected chi connectivity index (χ1v) is 27.7. The minimum Gasteiger partial charge on any atom is -0.462 e. The molecule has 1 unspecified atom stereocenters. The second kappa shape index (κ2) is 46.6. The number of carbonyl (C=O) groups excluding carboxylic acids is 2. The number of nitrogens with zero attached hydrogens (tertiary/aromatic N) is 1. The van der Waals surface area contributed by atoms with Crippen LogP contribution in [0.3, 0.4) is 0 Å². The van der Waals surface area contributed by atoms with Crippen LogP contribution < -0.4 is 0 Å². The molecule has 1 N–H and O–H groups in total. The van der Waals surface area contributed by atoms with E-state index in [0.29, 0.717) is 17.4 Å². The van der Waals surface area contributed by atoms with Crippen LogP contribution in [0.1, 0.15) is 213 Å². The van der Waals surface area contributed by atoms with E-state index in [4.69, 9.17) is 18.5 Å². The molecular formula is C55H99NO8P+. The van der Waals surface area contributed by atoms with Crippen molar-refractivity contribution in [3.8, 4) is 0 Å². The van der Waals surface area contributed by atoms with Crippen molar-refractivity contribution in [1.29, 1.82) is 0 Å². The van der Waals surface area contributed by atoms with Crippen molar-refractivity contribution in [2.24, 2.45) is 0 Å². The largest absolute Gasteiger partial charge is 0.472 e. The van der Waals surface area contributed by atoms with Crippen LogP contribution >= 0.6 is 7.82 Å². The van der Waals surface area contributed by atoms with Crippen LogP contribution in [0.15, 0.2) is 72.9 Å². The Labute approximate surface area is 399 Å². The predicted octanol–water partition coefficient (Wildman–Crippen LogP) is 15.8. The average Bonchev–Trinajstić information content (AvgIpc) is 3.26. The molecule has 0 aromatic heterocycles. The van der Waals surface area contributed by atoms with Crippen molar-refractivity contribution in [2.75, 3.05) is 47.5 Å². The fourth-order valence-corrected chi connectivity index (χ4v) is 7.72. The molecule has 0 saturated carbocycles. The number of phosphoric acid groups is 1. The quantitative estimate of drug-likeness (QED) is 0.0211. The van der Waals surface area contributed by atoms with E-state index in [-0.39, 0.29) is 32.0 Å². The van der Waals surface area contributed by atoms with Crippen molar-refractivity contribution in [3.63, 3.8) is 0 Å². The number of rotatable bonds is 47. The molecule has 65 heavy (non-hydrogen) atoms. The zero-order chi connectivity index (χ0) is 47.8. The third-order valence-corrected chi connectivity index (χ3v) is 12.0. The van der Waals surface area contributed by atoms with Gasteiger partial charge in [-0.25, -0.2) is 4.57 Å². The Morgan fingerprint density at radius 1 is 0.492 bits per heavy atom. The van der Waals surface area contributed by atoms with E-state index >= 15 is 0 Å². The summed E-state index contributed by atoms with van der Waals surface area (Å²) in [6.07, 6.45) is 59.8. The fraction of sp³-hybridized carbons (Fsp3) is 0.745. The summed E-state index contributed by atoms with van der Waals surface area (Å²) in [7, 11) is 1.43. The molecule has 0 saturated heterocycles. The smallest absolute Gasteiger partial charge is 0.462 e. The highest BCUT2D eigenvalue weighted by atomic mass is 31.2. The van der Waals surface area contributed by atoms with Gasteiger partial charge in [0.2, 0.25) is 0 Å². The number of quaternary nitrogens is 1. The Bertz CT molecular complexity index is 1330. The Hall–Kier alpha value is -2.55. The van der Waals surface area contributed by atoms with Gasteiger partial charge in [0.1, 0.15) is 19.8 Å². The number of likely N-dealkylation sites (N-methyl/N-ethyl adjacent to an activating group) is 1. The summed E-state index contributed by atoms with van der Waals surface area (Å²) in [6.45, 7) is 4.24. The third kappa shape index (κ3) is 50.7. The lowest BCUT2D eigenvalue weighted by Crippen LogP contribution is -2.37. The summed E-state index contributed by atoms with van der Waals surface area (Å²) in [6, 6.07) is 0. The lowest BCUT2D eigenvalue weighted by atomic mass is 10.0. The normalized spacial score (nSPS) is 14.0. The molecule has 0 radical (unpaired) electrons. The molecule has 0 aliphatic carbocycles. The van der Waals surface area contributed by atoms with Crippen LogP contribution in [0.25, 0.3) is 0 Å². The van der Waals surface area contributed by atoms with Gasteiger partial charge in [-0.15, -0.1) is 0 Å². The van der Waals surface area contributed by atoms with E-state index in [2.05, 4.69) is 74.6 Å². The van der Waals surface area contributed by atoms with Crippen LogP contribution in [-0.4, -0.2) is 74.9 Å². The first kappa shape index (κ1) is 62.4.